The number of rotatable bonds is 5. The molecule has 1 aromatic heterocycles. The van der Waals surface area contributed by atoms with Gasteiger partial charge in [-0.2, -0.15) is 0 Å². The van der Waals surface area contributed by atoms with Gasteiger partial charge >= 0.3 is 0 Å². The van der Waals surface area contributed by atoms with Crippen LogP contribution in [0.1, 0.15) is 76.4 Å². The van der Waals surface area contributed by atoms with E-state index < -0.39 is 0 Å². The van der Waals surface area contributed by atoms with Crippen LogP contribution in [0.2, 0.25) is 0 Å². The van der Waals surface area contributed by atoms with Gasteiger partial charge in [-0.3, -0.25) is 9.59 Å². The Morgan fingerprint density at radius 2 is 1.55 bits per heavy atom. The Morgan fingerprint density at radius 3 is 2.15 bits per heavy atom. The molecule has 0 radical (unpaired) electrons. The molecule has 3 rings (SSSR count). The largest absolute Gasteiger partial charge is 0.381 e. The van der Waals surface area contributed by atoms with Crippen LogP contribution in [0.5, 0.6) is 0 Å². The standard InChI is InChI=1S/C29H36N2O2/c1-8-9-25-22(27(33)23-17-21(29(5,6)7)11-13-26(23)31-25)14-15-30-24-12-10-20(28(2,3)4)16-19(24)18-32/h9-14,16-18,30-31H,8,15H2,1-7H3/b22-14+,25-9+. The molecule has 0 aliphatic carbocycles. The van der Waals surface area contributed by atoms with Crippen LogP contribution < -0.4 is 21.3 Å². The van der Waals surface area contributed by atoms with Crippen molar-refractivity contribution in [3.8, 4) is 0 Å². The maximum atomic E-state index is 13.5. The van der Waals surface area contributed by atoms with Crippen LogP contribution in [0, 0.1) is 0 Å². The highest BCUT2D eigenvalue weighted by atomic mass is 16.1. The lowest BCUT2D eigenvalue weighted by atomic mass is 9.86. The Balaban J connectivity index is 2.06. The molecule has 0 aliphatic rings. The van der Waals surface area contributed by atoms with Crippen molar-refractivity contribution in [2.24, 2.45) is 0 Å². The van der Waals surface area contributed by atoms with Crippen molar-refractivity contribution in [1.82, 2.24) is 4.98 Å². The zero-order chi connectivity index (χ0) is 24.4. The molecule has 2 N–H and O–H groups in total. The van der Waals surface area contributed by atoms with Gasteiger partial charge in [0.15, 0.2) is 11.7 Å². The SMILES string of the molecule is CC/C=c1/[nH]c2ccc(C(C)(C)C)cc2c(=O)/c1=C/CNc1ccc(C(C)(C)C)cc1C=O. The smallest absolute Gasteiger partial charge is 0.196 e. The van der Waals surface area contributed by atoms with Gasteiger partial charge in [0.25, 0.3) is 0 Å². The van der Waals surface area contributed by atoms with Gasteiger partial charge in [-0.05, 0) is 52.6 Å². The molecule has 0 unspecified atom stereocenters. The maximum Gasteiger partial charge on any atom is 0.196 e. The molecule has 4 nitrogen and oxygen atoms in total. The Hall–Kier alpha value is -3.14. The van der Waals surface area contributed by atoms with E-state index >= 15 is 0 Å². The highest BCUT2D eigenvalue weighted by Crippen LogP contribution is 2.26. The molecule has 174 valence electrons. The number of carbonyl (C=O) groups excluding carboxylic acids is 1. The molecule has 0 fully saturated rings. The second kappa shape index (κ2) is 9.38. The Labute approximate surface area is 196 Å². The van der Waals surface area contributed by atoms with Crippen molar-refractivity contribution in [1.29, 1.82) is 0 Å². The molecule has 0 spiro atoms. The summed E-state index contributed by atoms with van der Waals surface area (Å²) in [6, 6.07) is 12.0. The summed E-state index contributed by atoms with van der Waals surface area (Å²) >= 11 is 0. The number of H-pyrrole nitrogens is 1. The third-order valence-electron chi connectivity index (χ3n) is 5.99. The van der Waals surface area contributed by atoms with E-state index in [1.165, 1.54) is 0 Å². The number of hydrogen-bond acceptors (Lipinski definition) is 3. The van der Waals surface area contributed by atoms with Gasteiger partial charge < -0.3 is 10.3 Å². The molecule has 0 bridgehead atoms. The number of aromatic nitrogens is 1. The van der Waals surface area contributed by atoms with Gasteiger partial charge in [0.1, 0.15) is 0 Å². The third-order valence-corrected chi connectivity index (χ3v) is 5.99. The molecule has 33 heavy (non-hydrogen) atoms. The summed E-state index contributed by atoms with van der Waals surface area (Å²) in [5.74, 6) is 0. The molecule has 3 aromatic rings. The van der Waals surface area contributed by atoms with E-state index in [-0.39, 0.29) is 16.3 Å². The molecule has 4 heteroatoms. The zero-order valence-electron chi connectivity index (χ0n) is 20.9. The number of pyridine rings is 1. The van der Waals surface area contributed by atoms with E-state index in [0.717, 1.165) is 40.4 Å². The lowest BCUT2D eigenvalue weighted by Gasteiger charge is -2.20. The van der Waals surface area contributed by atoms with Crippen molar-refractivity contribution < 1.29 is 4.79 Å². The van der Waals surface area contributed by atoms with Gasteiger partial charge in [-0.1, -0.05) is 72.8 Å². The predicted octanol–water partition coefficient (Wildman–Crippen LogP) is 5.02. The van der Waals surface area contributed by atoms with Gasteiger partial charge in [0, 0.05) is 39.3 Å². The average molecular weight is 445 g/mol. The number of aromatic amines is 1. The van der Waals surface area contributed by atoms with Crippen molar-refractivity contribution in [2.45, 2.75) is 65.7 Å². The van der Waals surface area contributed by atoms with Gasteiger partial charge in [0.05, 0.1) is 0 Å². The third kappa shape index (κ3) is 5.44. The number of nitrogens with one attached hydrogen (secondary N) is 2. The minimum atomic E-state index is -0.0370. The minimum Gasteiger partial charge on any atom is -0.381 e. The van der Waals surface area contributed by atoms with Crippen LogP contribution >= 0.6 is 0 Å². The van der Waals surface area contributed by atoms with Crippen molar-refractivity contribution in [3.05, 3.63) is 73.9 Å². The van der Waals surface area contributed by atoms with Crippen molar-refractivity contribution >= 4 is 35.0 Å². The zero-order valence-corrected chi connectivity index (χ0v) is 20.9. The van der Waals surface area contributed by atoms with E-state index in [1.54, 1.807) is 0 Å². The first-order valence-electron chi connectivity index (χ1n) is 11.7. The number of carbonyl (C=O) groups is 1. The fourth-order valence-corrected chi connectivity index (χ4v) is 3.91. The minimum absolute atomic E-state index is 0.0232. The van der Waals surface area contributed by atoms with Gasteiger partial charge in [0.2, 0.25) is 0 Å². The van der Waals surface area contributed by atoms with E-state index in [9.17, 15) is 9.59 Å². The second-order valence-electron chi connectivity index (χ2n) is 10.7. The lowest BCUT2D eigenvalue weighted by Crippen LogP contribution is -2.42. The molecule has 0 atom stereocenters. The molecule has 1 heterocycles. The van der Waals surface area contributed by atoms with E-state index in [2.05, 4.69) is 64.8 Å². The first-order chi connectivity index (χ1) is 15.5. The van der Waals surface area contributed by atoms with Crippen LogP contribution in [0.3, 0.4) is 0 Å². The summed E-state index contributed by atoms with van der Waals surface area (Å²) in [6.07, 6.45) is 5.65. The highest BCUT2D eigenvalue weighted by molar-refractivity contribution is 5.85. The summed E-state index contributed by atoms with van der Waals surface area (Å²) in [6.45, 7) is 15.3. The molecule has 0 aliphatic heterocycles. The Morgan fingerprint density at radius 1 is 0.909 bits per heavy atom. The monoisotopic (exact) mass is 444 g/mol. The van der Waals surface area contributed by atoms with Crippen LogP contribution in [-0.2, 0) is 10.8 Å². The number of aldehydes is 1. The van der Waals surface area contributed by atoms with E-state index in [0.29, 0.717) is 22.7 Å². The topological polar surface area (TPSA) is 62.0 Å². The van der Waals surface area contributed by atoms with Gasteiger partial charge in [-0.15, -0.1) is 0 Å². The molecule has 2 aromatic carbocycles. The normalized spacial score (nSPS) is 13.5. The van der Waals surface area contributed by atoms with Crippen molar-refractivity contribution in [2.75, 3.05) is 11.9 Å². The quantitative estimate of drug-likeness (QED) is 0.543. The average Bonchev–Trinajstić information content (AvgIpc) is 2.74. The summed E-state index contributed by atoms with van der Waals surface area (Å²) in [5.41, 5.74) is 4.43. The van der Waals surface area contributed by atoms with Gasteiger partial charge in [-0.25, -0.2) is 0 Å². The summed E-state index contributed by atoms with van der Waals surface area (Å²) in [4.78, 5) is 28.6. The lowest BCUT2D eigenvalue weighted by molar-refractivity contribution is 0.112. The molecule has 0 amide bonds. The summed E-state index contributed by atoms with van der Waals surface area (Å²) in [5, 5.41) is 5.50. The van der Waals surface area contributed by atoms with E-state index in [1.807, 2.05) is 42.5 Å². The van der Waals surface area contributed by atoms with Crippen molar-refractivity contribution in [3.63, 3.8) is 0 Å². The maximum absolute atomic E-state index is 13.5. The molecule has 0 saturated carbocycles. The molecule has 0 saturated heterocycles. The second-order valence-corrected chi connectivity index (χ2v) is 10.7. The summed E-state index contributed by atoms with van der Waals surface area (Å²) in [7, 11) is 0. The number of anilines is 1. The fraction of sp³-hybridized carbons (Fsp3) is 0.379. The number of fused-ring (bicyclic) bond motifs is 1. The first kappa shape index (κ1) is 24.5. The predicted molar refractivity (Wildman–Crippen MR) is 141 cm³/mol. The molecular weight excluding hydrogens is 408 g/mol. The first-order valence-corrected chi connectivity index (χ1v) is 11.7. The number of benzene rings is 2. The van der Waals surface area contributed by atoms with Crippen LogP contribution in [-0.4, -0.2) is 17.8 Å². The Bertz CT molecular complexity index is 1350. The Kier molecular flexibility index (Phi) is 6.97. The van der Waals surface area contributed by atoms with Crippen LogP contribution in [0.25, 0.3) is 23.1 Å². The summed E-state index contributed by atoms with van der Waals surface area (Å²) < 4.78 is 0. The highest BCUT2D eigenvalue weighted by Gasteiger charge is 2.16. The van der Waals surface area contributed by atoms with Crippen LogP contribution in [0.15, 0.2) is 41.2 Å². The van der Waals surface area contributed by atoms with Crippen LogP contribution in [0.4, 0.5) is 5.69 Å². The van der Waals surface area contributed by atoms with E-state index in [4.69, 9.17) is 0 Å². The number of hydrogen-bond donors (Lipinski definition) is 2. The molecular formula is C29H36N2O2. The fourth-order valence-electron chi connectivity index (χ4n) is 3.91.